The molecule has 0 aliphatic carbocycles. The van der Waals surface area contributed by atoms with Crippen LogP contribution in [0.4, 0.5) is 10.1 Å². The molecule has 1 atom stereocenters. The summed E-state index contributed by atoms with van der Waals surface area (Å²) in [6, 6.07) is 3.27. The molecule has 1 saturated heterocycles. The van der Waals surface area contributed by atoms with Gasteiger partial charge >= 0.3 is 0 Å². The molecule has 1 N–H and O–H groups in total. The minimum absolute atomic E-state index is 0.134. The van der Waals surface area contributed by atoms with Gasteiger partial charge in [0.2, 0.25) is 0 Å². The minimum atomic E-state index is -0.258. The summed E-state index contributed by atoms with van der Waals surface area (Å²) in [6.07, 6.45) is 1.00. The quantitative estimate of drug-likeness (QED) is 0.931. The summed E-state index contributed by atoms with van der Waals surface area (Å²) in [4.78, 5) is 0. The van der Waals surface area contributed by atoms with Crippen molar-refractivity contribution < 1.29 is 13.9 Å². The lowest BCUT2D eigenvalue weighted by molar-refractivity contribution is -0.133. The molecule has 0 saturated carbocycles. The first-order valence-electron chi connectivity index (χ1n) is 5.55. The third kappa shape index (κ3) is 3.40. The third-order valence-electron chi connectivity index (χ3n) is 2.76. The number of anilines is 1. The highest BCUT2D eigenvalue weighted by Gasteiger charge is 2.14. The van der Waals surface area contributed by atoms with Crippen molar-refractivity contribution in [1.82, 2.24) is 0 Å². The lowest BCUT2D eigenvalue weighted by Gasteiger charge is -2.23. The largest absolute Gasteiger partial charge is 0.382 e. The van der Waals surface area contributed by atoms with Gasteiger partial charge in [-0.25, -0.2) is 4.39 Å². The molecule has 3 nitrogen and oxygen atoms in total. The number of halogens is 2. The van der Waals surface area contributed by atoms with Crippen LogP contribution in [0.15, 0.2) is 16.6 Å². The number of benzene rings is 1. The maximum Gasteiger partial charge on any atom is 0.147 e. The third-order valence-corrected chi connectivity index (χ3v) is 3.37. The molecule has 2 rings (SSSR count). The zero-order valence-corrected chi connectivity index (χ0v) is 11.2. The standard InChI is InChI=1S/C12H15BrFNO2/c1-8-4-10(13)11(14)5-12(8)15-6-9-2-3-16-7-17-9/h4-5,9,15H,2-3,6-7H2,1H3. The van der Waals surface area contributed by atoms with Crippen LogP contribution in [0.2, 0.25) is 0 Å². The van der Waals surface area contributed by atoms with Gasteiger partial charge in [0.25, 0.3) is 0 Å². The Balaban J connectivity index is 1.96. The van der Waals surface area contributed by atoms with Crippen molar-refractivity contribution in [1.29, 1.82) is 0 Å². The van der Waals surface area contributed by atoms with E-state index in [0.29, 0.717) is 17.8 Å². The molecule has 17 heavy (non-hydrogen) atoms. The van der Waals surface area contributed by atoms with Crippen LogP contribution in [0.25, 0.3) is 0 Å². The molecule has 1 fully saturated rings. The van der Waals surface area contributed by atoms with Crippen LogP contribution in [-0.2, 0) is 9.47 Å². The van der Waals surface area contributed by atoms with Gasteiger partial charge in [-0.15, -0.1) is 0 Å². The van der Waals surface area contributed by atoms with Crippen molar-refractivity contribution in [3.63, 3.8) is 0 Å². The van der Waals surface area contributed by atoms with Crippen molar-refractivity contribution in [3.8, 4) is 0 Å². The first-order chi connectivity index (χ1) is 8.16. The van der Waals surface area contributed by atoms with Crippen molar-refractivity contribution in [2.24, 2.45) is 0 Å². The highest BCUT2D eigenvalue weighted by atomic mass is 79.9. The van der Waals surface area contributed by atoms with E-state index in [1.54, 1.807) is 6.07 Å². The van der Waals surface area contributed by atoms with Crippen LogP contribution in [0, 0.1) is 12.7 Å². The van der Waals surface area contributed by atoms with Gasteiger partial charge in [0, 0.05) is 12.2 Å². The molecule has 1 aromatic carbocycles. The Bertz CT molecular complexity index is 394. The summed E-state index contributed by atoms with van der Waals surface area (Å²) in [5, 5.41) is 3.21. The summed E-state index contributed by atoms with van der Waals surface area (Å²) in [5.74, 6) is -0.258. The molecule has 5 heteroatoms. The zero-order valence-electron chi connectivity index (χ0n) is 9.63. The highest BCUT2D eigenvalue weighted by molar-refractivity contribution is 9.10. The fourth-order valence-corrected chi connectivity index (χ4v) is 2.18. The predicted octanol–water partition coefficient (Wildman–Crippen LogP) is 3.07. The van der Waals surface area contributed by atoms with Gasteiger partial charge in [-0.3, -0.25) is 0 Å². The van der Waals surface area contributed by atoms with Gasteiger partial charge in [0.05, 0.1) is 17.2 Å². The molecule has 0 radical (unpaired) electrons. The van der Waals surface area contributed by atoms with Crippen molar-refractivity contribution in [2.45, 2.75) is 19.4 Å². The Labute approximate surface area is 108 Å². The molecule has 1 aliphatic rings. The molecular weight excluding hydrogens is 289 g/mol. The molecule has 1 heterocycles. The van der Waals surface area contributed by atoms with Gasteiger partial charge in [0.1, 0.15) is 12.6 Å². The summed E-state index contributed by atoms with van der Waals surface area (Å²) in [7, 11) is 0. The number of ether oxygens (including phenoxy) is 2. The van der Waals surface area contributed by atoms with Gasteiger partial charge in [-0.05, 0) is 47.0 Å². The lowest BCUT2D eigenvalue weighted by atomic mass is 10.2. The molecule has 1 aromatic rings. The van der Waals surface area contributed by atoms with Crippen molar-refractivity contribution in [2.75, 3.05) is 25.3 Å². The van der Waals surface area contributed by atoms with E-state index in [0.717, 1.165) is 24.3 Å². The molecule has 0 spiro atoms. The van der Waals surface area contributed by atoms with Crippen LogP contribution in [0.3, 0.4) is 0 Å². The molecule has 0 bridgehead atoms. The molecule has 1 unspecified atom stereocenters. The van der Waals surface area contributed by atoms with Crippen LogP contribution in [0.5, 0.6) is 0 Å². The highest BCUT2D eigenvalue weighted by Crippen LogP contribution is 2.24. The zero-order chi connectivity index (χ0) is 12.3. The van der Waals surface area contributed by atoms with Crippen LogP contribution in [0.1, 0.15) is 12.0 Å². The lowest BCUT2D eigenvalue weighted by Crippen LogP contribution is -2.30. The average molecular weight is 304 g/mol. The predicted molar refractivity (Wildman–Crippen MR) is 67.6 cm³/mol. The van der Waals surface area contributed by atoms with Crippen LogP contribution in [-0.4, -0.2) is 26.0 Å². The second-order valence-corrected chi connectivity index (χ2v) is 4.92. The Hall–Kier alpha value is -0.650. The van der Waals surface area contributed by atoms with Gasteiger partial charge in [-0.1, -0.05) is 0 Å². The summed E-state index contributed by atoms with van der Waals surface area (Å²) in [6.45, 7) is 3.68. The first kappa shape index (κ1) is 12.8. The van der Waals surface area contributed by atoms with E-state index in [9.17, 15) is 4.39 Å². The fraction of sp³-hybridized carbons (Fsp3) is 0.500. The number of hydrogen-bond acceptors (Lipinski definition) is 3. The summed E-state index contributed by atoms with van der Waals surface area (Å²) < 4.78 is 24.4. The van der Waals surface area contributed by atoms with Crippen molar-refractivity contribution in [3.05, 3.63) is 28.0 Å². The van der Waals surface area contributed by atoms with E-state index in [1.807, 2.05) is 6.92 Å². The van der Waals surface area contributed by atoms with E-state index in [1.165, 1.54) is 6.07 Å². The van der Waals surface area contributed by atoms with Gasteiger partial charge < -0.3 is 14.8 Å². The van der Waals surface area contributed by atoms with Gasteiger partial charge in [0.15, 0.2) is 0 Å². The average Bonchev–Trinajstić information content (AvgIpc) is 2.33. The number of hydrogen-bond donors (Lipinski definition) is 1. The Morgan fingerprint density at radius 2 is 2.35 bits per heavy atom. The van der Waals surface area contributed by atoms with E-state index < -0.39 is 0 Å². The van der Waals surface area contributed by atoms with Crippen LogP contribution >= 0.6 is 15.9 Å². The molecule has 0 aromatic heterocycles. The van der Waals surface area contributed by atoms with E-state index in [4.69, 9.17) is 9.47 Å². The topological polar surface area (TPSA) is 30.5 Å². The molecule has 94 valence electrons. The number of rotatable bonds is 3. The number of nitrogens with one attached hydrogen (secondary N) is 1. The fourth-order valence-electron chi connectivity index (χ4n) is 1.72. The summed E-state index contributed by atoms with van der Waals surface area (Å²) >= 11 is 3.16. The molecule has 1 aliphatic heterocycles. The normalized spacial score (nSPS) is 20.3. The molecular formula is C12H15BrFNO2. The monoisotopic (exact) mass is 303 g/mol. The summed E-state index contributed by atoms with van der Waals surface area (Å²) in [5.41, 5.74) is 1.81. The van der Waals surface area contributed by atoms with E-state index >= 15 is 0 Å². The molecule has 0 amide bonds. The first-order valence-corrected chi connectivity index (χ1v) is 6.35. The minimum Gasteiger partial charge on any atom is -0.382 e. The SMILES string of the molecule is Cc1cc(Br)c(F)cc1NCC1CCOCO1. The second kappa shape index (κ2) is 5.80. The van der Waals surface area contributed by atoms with Crippen molar-refractivity contribution >= 4 is 21.6 Å². The Morgan fingerprint density at radius 1 is 1.53 bits per heavy atom. The Kier molecular flexibility index (Phi) is 4.36. The van der Waals surface area contributed by atoms with E-state index in [2.05, 4.69) is 21.2 Å². The second-order valence-electron chi connectivity index (χ2n) is 4.07. The maximum atomic E-state index is 13.4. The van der Waals surface area contributed by atoms with Crippen LogP contribution < -0.4 is 5.32 Å². The van der Waals surface area contributed by atoms with E-state index in [-0.39, 0.29) is 11.9 Å². The van der Waals surface area contributed by atoms with Gasteiger partial charge in [-0.2, -0.15) is 0 Å². The Morgan fingerprint density at radius 3 is 3.06 bits per heavy atom. The smallest absolute Gasteiger partial charge is 0.147 e. The number of aryl methyl sites for hydroxylation is 1. The maximum absolute atomic E-state index is 13.4.